The van der Waals surface area contributed by atoms with Gasteiger partial charge in [0.1, 0.15) is 0 Å². The molecule has 0 saturated carbocycles. The molecule has 0 atom stereocenters. The van der Waals surface area contributed by atoms with Crippen molar-refractivity contribution in [2.45, 2.75) is 64.6 Å². The summed E-state index contributed by atoms with van der Waals surface area (Å²) in [5.74, 6) is -0.0704. The molecule has 0 heterocycles. The number of hydrogen-bond donors (Lipinski definition) is 0. The van der Waals surface area contributed by atoms with E-state index in [-0.39, 0.29) is 5.97 Å². The molecule has 1 aromatic carbocycles. The van der Waals surface area contributed by atoms with Gasteiger partial charge in [-0.3, -0.25) is 4.79 Å². The van der Waals surface area contributed by atoms with Gasteiger partial charge in [-0.1, -0.05) is 71.9 Å². The van der Waals surface area contributed by atoms with E-state index in [1.807, 2.05) is 30.3 Å². The van der Waals surface area contributed by atoms with Crippen molar-refractivity contribution in [2.24, 2.45) is 0 Å². The van der Waals surface area contributed by atoms with Crippen molar-refractivity contribution in [3.05, 3.63) is 35.9 Å². The highest BCUT2D eigenvalue weighted by Crippen LogP contribution is 2.42. The summed E-state index contributed by atoms with van der Waals surface area (Å²) in [5.41, 5.74) is 2.32. The highest BCUT2D eigenvalue weighted by atomic mass is 28.4. The molecule has 20 heavy (non-hydrogen) atoms. The SMILES string of the molecule is CC(C)[Si](OC(=O)Cc1ccccc1)(C(C)C)C(C)C. The van der Waals surface area contributed by atoms with Crippen LogP contribution in [0.3, 0.4) is 0 Å². The maximum absolute atomic E-state index is 12.4. The smallest absolute Gasteiger partial charge is 0.296 e. The van der Waals surface area contributed by atoms with Crippen LogP contribution in [0.25, 0.3) is 0 Å². The van der Waals surface area contributed by atoms with Crippen molar-refractivity contribution >= 4 is 14.3 Å². The van der Waals surface area contributed by atoms with Gasteiger partial charge < -0.3 is 4.43 Å². The number of carbonyl (C=O) groups excluding carboxylic acids is 1. The molecule has 1 aromatic rings. The van der Waals surface area contributed by atoms with Gasteiger partial charge in [0, 0.05) is 0 Å². The van der Waals surface area contributed by atoms with Gasteiger partial charge in [-0.2, -0.15) is 0 Å². The molecular weight excluding hydrogens is 264 g/mol. The molecule has 0 N–H and O–H groups in total. The Balaban J connectivity index is 2.88. The van der Waals surface area contributed by atoms with E-state index < -0.39 is 8.32 Å². The number of benzene rings is 1. The zero-order valence-electron chi connectivity index (χ0n) is 13.6. The van der Waals surface area contributed by atoms with Gasteiger partial charge >= 0.3 is 0 Å². The van der Waals surface area contributed by atoms with Gasteiger partial charge in [0.25, 0.3) is 14.3 Å². The summed E-state index contributed by atoms with van der Waals surface area (Å²) in [5, 5.41) is 0. The van der Waals surface area contributed by atoms with Crippen LogP contribution in [0.4, 0.5) is 0 Å². The summed E-state index contributed by atoms with van der Waals surface area (Å²) in [7, 11) is -2.09. The fourth-order valence-electron chi connectivity index (χ4n) is 3.35. The first-order valence-corrected chi connectivity index (χ1v) is 9.70. The van der Waals surface area contributed by atoms with E-state index in [2.05, 4.69) is 41.5 Å². The molecule has 0 spiro atoms. The molecule has 3 heteroatoms. The molecule has 0 aliphatic rings. The lowest BCUT2D eigenvalue weighted by molar-refractivity contribution is -0.135. The second-order valence-electron chi connectivity index (χ2n) is 6.45. The topological polar surface area (TPSA) is 26.3 Å². The minimum atomic E-state index is -2.09. The van der Waals surface area contributed by atoms with Crippen molar-refractivity contribution in [3.8, 4) is 0 Å². The minimum absolute atomic E-state index is 0.0704. The number of hydrogen-bond acceptors (Lipinski definition) is 2. The molecule has 0 unspecified atom stereocenters. The molecule has 2 nitrogen and oxygen atoms in total. The van der Waals surface area contributed by atoms with E-state index in [1.54, 1.807) is 0 Å². The second kappa shape index (κ2) is 7.07. The molecule has 0 aromatic heterocycles. The Labute approximate surface area is 124 Å². The van der Waals surface area contributed by atoms with E-state index in [0.29, 0.717) is 23.0 Å². The third kappa shape index (κ3) is 3.72. The summed E-state index contributed by atoms with van der Waals surface area (Å²) in [6.07, 6.45) is 0.377. The maximum atomic E-state index is 12.4. The second-order valence-corrected chi connectivity index (χ2v) is 11.8. The molecule has 0 radical (unpaired) electrons. The predicted molar refractivity (Wildman–Crippen MR) is 87.3 cm³/mol. The fraction of sp³-hybridized carbons (Fsp3) is 0.588. The Hall–Kier alpha value is -1.09. The van der Waals surface area contributed by atoms with Gasteiger partial charge in [0.15, 0.2) is 0 Å². The van der Waals surface area contributed by atoms with E-state index in [0.717, 1.165) is 5.56 Å². The molecule has 0 aliphatic carbocycles. The highest BCUT2D eigenvalue weighted by molar-refractivity contribution is 6.78. The zero-order valence-corrected chi connectivity index (χ0v) is 14.6. The van der Waals surface area contributed by atoms with Gasteiger partial charge in [0.2, 0.25) is 0 Å². The summed E-state index contributed by atoms with van der Waals surface area (Å²) in [6, 6.07) is 9.83. The van der Waals surface area contributed by atoms with E-state index >= 15 is 0 Å². The Morgan fingerprint density at radius 3 is 1.80 bits per heavy atom. The van der Waals surface area contributed by atoms with Crippen LogP contribution in [0.15, 0.2) is 30.3 Å². The van der Waals surface area contributed by atoms with Crippen LogP contribution in [0.2, 0.25) is 16.6 Å². The van der Waals surface area contributed by atoms with Crippen LogP contribution >= 0.6 is 0 Å². The fourth-order valence-corrected chi connectivity index (χ4v) is 8.52. The van der Waals surface area contributed by atoms with Crippen LogP contribution in [0.5, 0.6) is 0 Å². The average molecular weight is 292 g/mol. The Kier molecular flexibility index (Phi) is 6.00. The summed E-state index contributed by atoms with van der Waals surface area (Å²) >= 11 is 0. The normalized spacial score (nSPS) is 12.2. The molecule has 0 aliphatic heterocycles. The predicted octanol–water partition coefficient (Wildman–Crippen LogP) is 4.95. The Morgan fingerprint density at radius 2 is 1.40 bits per heavy atom. The largest absolute Gasteiger partial charge is 0.518 e. The molecule has 0 fully saturated rings. The summed E-state index contributed by atoms with van der Waals surface area (Å²) in [6.45, 7) is 13.2. The van der Waals surface area contributed by atoms with Crippen molar-refractivity contribution in [1.29, 1.82) is 0 Å². The first kappa shape index (κ1) is 17.0. The lowest BCUT2D eigenvalue weighted by Crippen LogP contribution is -2.49. The van der Waals surface area contributed by atoms with Gasteiger partial charge in [-0.05, 0) is 22.2 Å². The van der Waals surface area contributed by atoms with E-state index in [4.69, 9.17) is 4.43 Å². The highest BCUT2D eigenvalue weighted by Gasteiger charge is 2.48. The number of carbonyl (C=O) groups is 1. The third-order valence-corrected chi connectivity index (χ3v) is 10.2. The average Bonchev–Trinajstić information content (AvgIpc) is 2.35. The Bertz CT molecular complexity index is 402. The zero-order chi connectivity index (χ0) is 15.3. The van der Waals surface area contributed by atoms with E-state index in [9.17, 15) is 4.79 Å². The van der Waals surface area contributed by atoms with Gasteiger partial charge in [0.05, 0.1) is 6.42 Å². The minimum Gasteiger partial charge on any atom is -0.518 e. The van der Waals surface area contributed by atoms with Crippen LogP contribution in [0.1, 0.15) is 47.1 Å². The third-order valence-electron chi connectivity index (χ3n) is 4.19. The van der Waals surface area contributed by atoms with Crippen LogP contribution in [-0.4, -0.2) is 14.3 Å². The van der Waals surface area contributed by atoms with Crippen molar-refractivity contribution in [3.63, 3.8) is 0 Å². The Morgan fingerprint density at radius 1 is 0.950 bits per heavy atom. The first-order valence-electron chi connectivity index (χ1n) is 7.56. The lowest BCUT2D eigenvalue weighted by atomic mass is 10.2. The number of rotatable bonds is 6. The van der Waals surface area contributed by atoms with E-state index in [1.165, 1.54) is 0 Å². The first-order chi connectivity index (χ1) is 9.30. The van der Waals surface area contributed by atoms with Crippen molar-refractivity contribution in [1.82, 2.24) is 0 Å². The molecule has 0 bridgehead atoms. The summed E-state index contributed by atoms with van der Waals surface area (Å²) in [4.78, 5) is 12.4. The monoisotopic (exact) mass is 292 g/mol. The summed E-state index contributed by atoms with van der Waals surface area (Å²) < 4.78 is 6.13. The quantitative estimate of drug-likeness (QED) is 0.694. The van der Waals surface area contributed by atoms with Crippen LogP contribution in [-0.2, 0) is 15.6 Å². The van der Waals surface area contributed by atoms with Gasteiger partial charge in [-0.15, -0.1) is 0 Å². The lowest BCUT2D eigenvalue weighted by Gasteiger charge is -2.41. The molecule has 1 rings (SSSR count). The molecular formula is C17H28O2Si. The maximum Gasteiger partial charge on any atom is 0.296 e. The molecule has 112 valence electrons. The van der Waals surface area contributed by atoms with Crippen LogP contribution < -0.4 is 0 Å². The standard InChI is InChI=1S/C17H28O2Si/c1-13(2)20(14(3)4,15(5)6)19-17(18)12-16-10-8-7-9-11-16/h7-11,13-15H,12H2,1-6H3. The van der Waals surface area contributed by atoms with Crippen molar-refractivity contribution < 1.29 is 9.22 Å². The molecule has 0 amide bonds. The van der Waals surface area contributed by atoms with Gasteiger partial charge in [-0.25, -0.2) is 0 Å². The van der Waals surface area contributed by atoms with Crippen LogP contribution in [0, 0.1) is 0 Å². The molecule has 0 saturated heterocycles. The van der Waals surface area contributed by atoms with Crippen molar-refractivity contribution in [2.75, 3.05) is 0 Å².